The Balaban J connectivity index is 5.05. The van der Waals surface area contributed by atoms with Gasteiger partial charge in [0.15, 0.2) is 0 Å². The quantitative estimate of drug-likeness (QED) is 0.0205. The highest BCUT2D eigenvalue weighted by Crippen LogP contribution is 2.43. The molecule has 88 heavy (non-hydrogen) atoms. The predicted molar refractivity (Wildman–Crippen MR) is 383 cm³/mol. The first-order chi connectivity index (χ1) is 42.9. The Morgan fingerprint density at radius 1 is 0.409 bits per heavy atom. The molecule has 0 saturated heterocycles. The number of hydrogen-bond donors (Lipinski definition) is 2. The molecule has 3 atom stereocenters. The normalized spacial score (nSPS) is 14.0. The van der Waals surface area contributed by atoms with Crippen LogP contribution in [0.2, 0.25) is 0 Å². The smallest absolute Gasteiger partial charge is 0.456 e. The first kappa shape index (κ1) is 84.9. The van der Waals surface area contributed by atoms with Crippen molar-refractivity contribution in [1.82, 2.24) is 5.32 Å². The number of likely N-dealkylation sites (N-methyl/N-ethyl adjacent to an activating group) is 1. The highest BCUT2D eigenvalue weighted by atomic mass is 31.2. The molecule has 0 aromatic heterocycles. The fraction of sp³-hybridized carbons (Fsp3) is 0.769. The van der Waals surface area contributed by atoms with Crippen LogP contribution in [0.3, 0.4) is 0 Å². The molecule has 2 N–H and O–H groups in total. The third-order valence-corrected chi connectivity index (χ3v) is 17.2. The minimum absolute atomic E-state index is 0.0348. The zero-order valence-electron chi connectivity index (χ0n) is 58.5. The lowest BCUT2D eigenvalue weighted by atomic mass is 10.0. The first-order valence-electron chi connectivity index (χ1n) is 37.1. The fourth-order valence-electron chi connectivity index (χ4n) is 10.6. The molecule has 0 fully saturated rings. The number of nitrogens with zero attached hydrogens (tertiary/aromatic N) is 1. The van der Waals surface area contributed by atoms with Crippen molar-refractivity contribution in [2.45, 2.75) is 348 Å². The number of amides is 1. The van der Waals surface area contributed by atoms with Gasteiger partial charge in [-0.2, -0.15) is 0 Å². The molecule has 0 bridgehead atoms. The number of carbonyl (C=O) groups excluding carboxylic acids is 2. The Morgan fingerprint density at radius 3 is 1.10 bits per heavy atom. The predicted octanol–water partition coefficient (Wildman–Crippen LogP) is 23.8. The highest BCUT2D eigenvalue weighted by Gasteiger charge is 2.30. The number of allylic oxidation sites excluding steroid dienone is 15. The van der Waals surface area contributed by atoms with Gasteiger partial charge in [-0.25, -0.2) is 4.57 Å². The summed E-state index contributed by atoms with van der Waals surface area (Å²) in [6, 6.07) is -0.860. The molecule has 0 aliphatic rings. The van der Waals surface area contributed by atoms with Crippen molar-refractivity contribution in [3.63, 3.8) is 0 Å². The van der Waals surface area contributed by atoms with Crippen molar-refractivity contribution in [3.05, 3.63) is 97.2 Å². The van der Waals surface area contributed by atoms with E-state index >= 15 is 0 Å². The Bertz CT molecular complexity index is 1830. The molecule has 0 radical (unpaired) electrons. The molecule has 3 unspecified atom stereocenters. The zero-order valence-corrected chi connectivity index (χ0v) is 59.3. The summed E-state index contributed by atoms with van der Waals surface area (Å²) in [5.74, 6) is -0.515. The number of carbonyl (C=O) groups is 2. The number of rotatable bonds is 67. The van der Waals surface area contributed by atoms with Crippen molar-refractivity contribution in [2.24, 2.45) is 0 Å². The average molecular weight is 1250 g/mol. The van der Waals surface area contributed by atoms with Crippen molar-refractivity contribution < 1.29 is 37.3 Å². The van der Waals surface area contributed by atoms with Gasteiger partial charge in [0.1, 0.15) is 19.3 Å². The van der Waals surface area contributed by atoms with Crippen LogP contribution in [-0.2, 0) is 27.9 Å². The molecule has 0 spiro atoms. The molecular formula is C78H142N2O7P+. The molecule has 9 nitrogen and oxygen atoms in total. The van der Waals surface area contributed by atoms with E-state index in [1.54, 1.807) is 0 Å². The highest BCUT2D eigenvalue weighted by molar-refractivity contribution is 7.47. The van der Waals surface area contributed by atoms with E-state index in [0.717, 1.165) is 122 Å². The van der Waals surface area contributed by atoms with E-state index in [4.69, 9.17) is 13.8 Å². The van der Waals surface area contributed by atoms with Gasteiger partial charge in [0.2, 0.25) is 5.91 Å². The van der Waals surface area contributed by atoms with Crippen LogP contribution < -0.4 is 5.32 Å². The van der Waals surface area contributed by atoms with Crippen molar-refractivity contribution >= 4 is 19.7 Å². The van der Waals surface area contributed by atoms with Crippen LogP contribution in [0.15, 0.2) is 97.2 Å². The number of ether oxygens (including phenoxy) is 1. The van der Waals surface area contributed by atoms with Crippen LogP contribution >= 0.6 is 7.82 Å². The SMILES string of the molecule is CC/C=C\C/C=C\C/C=C\C/C=C\C/C=C\C/C=C\CCCCCCCCC(=O)OC(/C=C/CCCCCCCCCCCC)C(COP(=O)(O)OCC[N+](C)(C)C)NC(=O)CCCCCCCCCCCCCCCCC/C=C/CCCCCCCC. The molecule has 0 aromatic carbocycles. The number of esters is 1. The minimum Gasteiger partial charge on any atom is -0.456 e. The molecule has 1 amide bonds. The van der Waals surface area contributed by atoms with Crippen LogP contribution in [0.5, 0.6) is 0 Å². The number of hydrogen-bond acceptors (Lipinski definition) is 6. The van der Waals surface area contributed by atoms with Gasteiger partial charge in [0, 0.05) is 12.8 Å². The maximum absolute atomic E-state index is 13.6. The van der Waals surface area contributed by atoms with Crippen molar-refractivity contribution in [3.8, 4) is 0 Å². The summed E-state index contributed by atoms with van der Waals surface area (Å²) in [4.78, 5) is 38.0. The lowest BCUT2D eigenvalue weighted by molar-refractivity contribution is -0.870. The summed E-state index contributed by atoms with van der Waals surface area (Å²) in [5.41, 5.74) is 0. The second-order valence-corrected chi connectivity index (χ2v) is 27.5. The van der Waals surface area contributed by atoms with E-state index < -0.39 is 20.0 Å². The van der Waals surface area contributed by atoms with E-state index in [1.807, 2.05) is 33.3 Å². The Morgan fingerprint density at radius 2 is 0.727 bits per heavy atom. The molecule has 0 heterocycles. The number of phosphoric acid groups is 1. The molecule has 510 valence electrons. The van der Waals surface area contributed by atoms with Crippen LogP contribution in [0.1, 0.15) is 335 Å². The number of unbranched alkanes of at least 4 members (excludes halogenated alkanes) is 37. The topological polar surface area (TPSA) is 111 Å². The van der Waals surface area contributed by atoms with Gasteiger partial charge in [-0.1, -0.05) is 311 Å². The monoisotopic (exact) mass is 1250 g/mol. The molecular weight excluding hydrogens is 1110 g/mol. The summed E-state index contributed by atoms with van der Waals surface area (Å²) in [6.45, 7) is 6.92. The van der Waals surface area contributed by atoms with E-state index in [-0.39, 0.29) is 31.5 Å². The molecule has 0 aliphatic heterocycles. The van der Waals surface area contributed by atoms with Crippen LogP contribution in [0.25, 0.3) is 0 Å². The zero-order chi connectivity index (χ0) is 64.2. The lowest BCUT2D eigenvalue weighted by Crippen LogP contribution is -2.47. The molecule has 0 saturated carbocycles. The van der Waals surface area contributed by atoms with E-state index in [1.165, 1.54) is 180 Å². The third kappa shape index (κ3) is 67.3. The van der Waals surface area contributed by atoms with Gasteiger partial charge >= 0.3 is 13.8 Å². The Labute approximate surface area is 545 Å². The van der Waals surface area contributed by atoms with Crippen molar-refractivity contribution in [1.29, 1.82) is 0 Å². The van der Waals surface area contributed by atoms with E-state index in [9.17, 15) is 19.0 Å². The average Bonchev–Trinajstić information content (AvgIpc) is 3.52. The Hall–Kier alpha value is -3.07. The molecule has 0 rings (SSSR count). The molecule has 0 aliphatic carbocycles. The summed E-state index contributed by atoms with van der Waals surface area (Å²) >= 11 is 0. The van der Waals surface area contributed by atoms with Gasteiger partial charge in [0.25, 0.3) is 0 Å². The van der Waals surface area contributed by atoms with Gasteiger partial charge < -0.3 is 19.4 Å². The number of nitrogens with one attached hydrogen (secondary N) is 1. The van der Waals surface area contributed by atoms with Gasteiger partial charge in [0.05, 0.1) is 33.8 Å². The largest absolute Gasteiger partial charge is 0.472 e. The molecule has 10 heteroatoms. The number of phosphoric ester groups is 1. The van der Waals surface area contributed by atoms with Crippen LogP contribution in [-0.4, -0.2) is 74.3 Å². The van der Waals surface area contributed by atoms with Gasteiger partial charge in [-0.05, 0) is 109 Å². The standard InChI is InChI=1S/C78H141N2O7P/c1-7-10-13-16-19-22-25-28-30-32-34-36-38-40-42-44-46-48-50-52-55-58-61-64-67-70-77(81)79-75(74-86-88(83,84)85-73-72-80(4,5)6)76(69-66-63-60-57-54-27-24-21-18-15-12-9-3)87-78(82)71-68-65-62-59-56-53-51-49-47-45-43-41-39-37-35-33-31-29-26-23-20-17-14-11-8-2/h11,14,20,23,28-31,35,37,41,43,47,49,66,69,75-76H,7-10,12-13,15-19,21-22,24-27,32-34,36,38-40,42,44-46,48,50-65,67-68,70-74H2,1-6H3,(H-,79,81,83,84)/p+1/b14-11-,23-20-,30-28+,31-29-,37-35-,43-41-,49-47-,69-66+. The summed E-state index contributed by atoms with van der Waals surface area (Å²) < 4.78 is 30.9. The third-order valence-electron chi connectivity index (χ3n) is 16.3. The van der Waals surface area contributed by atoms with E-state index in [2.05, 4.69) is 111 Å². The second kappa shape index (κ2) is 66.8. The summed E-state index contributed by atoms with van der Waals surface area (Å²) in [5, 5.41) is 3.07. The first-order valence-corrected chi connectivity index (χ1v) is 38.6. The second-order valence-electron chi connectivity index (χ2n) is 26.1. The van der Waals surface area contributed by atoms with Crippen LogP contribution in [0, 0.1) is 0 Å². The summed E-state index contributed by atoms with van der Waals surface area (Å²) in [6.07, 6.45) is 91.4. The summed E-state index contributed by atoms with van der Waals surface area (Å²) in [7, 11) is 1.49. The fourth-order valence-corrected chi connectivity index (χ4v) is 11.3. The number of quaternary nitrogens is 1. The van der Waals surface area contributed by atoms with E-state index in [0.29, 0.717) is 17.4 Å². The Kier molecular flexibility index (Phi) is 64.5. The maximum atomic E-state index is 13.6. The van der Waals surface area contributed by atoms with Gasteiger partial charge in [-0.3, -0.25) is 18.6 Å². The minimum atomic E-state index is -4.46. The lowest BCUT2D eigenvalue weighted by Gasteiger charge is -2.27. The molecule has 0 aromatic rings. The maximum Gasteiger partial charge on any atom is 0.472 e. The van der Waals surface area contributed by atoms with Gasteiger partial charge in [-0.15, -0.1) is 0 Å². The van der Waals surface area contributed by atoms with Crippen LogP contribution in [0.4, 0.5) is 0 Å². The van der Waals surface area contributed by atoms with Crippen molar-refractivity contribution in [2.75, 3.05) is 40.9 Å².